The van der Waals surface area contributed by atoms with Gasteiger partial charge in [0.2, 0.25) is 0 Å². The van der Waals surface area contributed by atoms with Crippen LogP contribution in [0.25, 0.3) is 0 Å². The van der Waals surface area contributed by atoms with Gasteiger partial charge in [0.25, 0.3) is 10.1 Å². The molecule has 0 bridgehead atoms. The van der Waals surface area contributed by atoms with Gasteiger partial charge in [-0.3, -0.25) is 9.35 Å². The number of halogens is 1. The molecule has 0 aliphatic carbocycles. The van der Waals surface area contributed by atoms with Crippen molar-refractivity contribution < 1.29 is 32.0 Å². The minimum absolute atomic E-state index is 0.0666. The Hall–Kier alpha value is -2.29. The van der Waals surface area contributed by atoms with Gasteiger partial charge < -0.3 is 9.84 Å². The van der Waals surface area contributed by atoms with E-state index in [4.69, 9.17) is 9.29 Å². The fourth-order valence-electron chi connectivity index (χ4n) is 2.94. The van der Waals surface area contributed by atoms with E-state index in [1.165, 1.54) is 36.4 Å². The molecule has 0 spiro atoms. The molecule has 2 N–H and O–H groups in total. The second-order valence-electron chi connectivity index (χ2n) is 7.54. The zero-order valence-electron chi connectivity index (χ0n) is 18.8. The molecule has 0 fully saturated rings. The van der Waals surface area contributed by atoms with E-state index < -0.39 is 22.0 Å². The first-order valence-electron chi connectivity index (χ1n) is 10.7. The fraction of sp³-hybridized carbons (Fsp3) is 0.458. The average molecular weight is 469 g/mol. The number of carbonyl (C=O) groups excluding carboxylic acids is 1. The highest BCUT2D eigenvalue weighted by Gasteiger charge is 2.24. The lowest BCUT2D eigenvalue weighted by Gasteiger charge is -2.20. The number of hydrogen-bond acceptors (Lipinski definition) is 5. The molecule has 0 radical (unpaired) electrons. The van der Waals surface area contributed by atoms with Gasteiger partial charge in [-0.15, -0.1) is 0 Å². The topological polar surface area (TPSA) is 101 Å². The Balaban J connectivity index is 0.000000389. The molecule has 2 unspecified atom stereocenters. The Morgan fingerprint density at radius 2 is 1.62 bits per heavy atom. The molecule has 0 aliphatic rings. The predicted octanol–water partition coefficient (Wildman–Crippen LogP) is 5.05. The summed E-state index contributed by atoms with van der Waals surface area (Å²) in [5.41, 5.74) is 1.53. The molecule has 0 saturated carbocycles. The molecule has 32 heavy (non-hydrogen) atoms. The molecular formula is C24H33FO6S. The van der Waals surface area contributed by atoms with Crippen LogP contribution in [0.2, 0.25) is 0 Å². The van der Waals surface area contributed by atoms with Crippen molar-refractivity contribution in [2.45, 2.75) is 69.8 Å². The lowest BCUT2D eigenvalue weighted by Crippen LogP contribution is -2.25. The summed E-state index contributed by atoms with van der Waals surface area (Å²) < 4.78 is 48.0. The van der Waals surface area contributed by atoms with Crippen molar-refractivity contribution in [2.24, 2.45) is 0 Å². The highest BCUT2D eigenvalue weighted by Crippen LogP contribution is 2.20. The van der Waals surface area contributed by atoms with Crippen molar-refractivity contribution in [3.8, 4) is 0 Å². The van der Waals surface area contributed by atoms with E-state index in [0.717, 1.165) is 37.7 Å². The largest absolute Gasteiger partial charge is 0.462 e. The average Bonchev–Trinajstić information content (AvgIpc) is 2.75. The monoisotopic (exact) mass is 468 g/mol. The van der Waals surface area contributed by atoms with Gasteiger partial charge in [0, 0.05) is 0 Å². The number of carbonyl (C=O) groups is 1. The Morgan fingerprint density at radius 3 is 2.09 bits per heavy atom. The van der Waals surface area contributed by atoms with Gasteiger partial charge >= 0.3 is 5.97 Å². The number of ether oxygens (including phenoxy) is 1. The van der Waals surface area contributed by atoms with Gasteiger partial charge in [0.1, 0.15) is 17.8 Å². The third-order valence-electron chi connectivity index (χ3n) is 4.93. The highest BCUT2D eigenvalue weighted by atomic mass is 32.2. The van der Waals surface area contributed by atoms with Crippen molar-refractivity contribution in [1.29, 1.82) is 0 Å². The molecule has 0 amide bonds. The highest BCUT2D eigenvalue weighted by molar-refractivity contribution is 7.85. The summed E-state index contributed by atoms with van der Waals surface area (Å²) in [6, 6.07) is 11.6. The molecule has 0 aromatic heterocycles. The van der Waals surface area contributed by atoms with Gasteiger partial charge in [-0.05, 0) is 56.0 Å². The molecule has 2 aromatic rings. The van der Waals surface area contributed by atoms with E-state index in [-0.39, 0.29) is 23.4 Å². The number of hydrogen-bond donors (Lipinski definition) is 2. The van der Waals surface area contributed by atoms with Gasteiger partial charge in [-0.2, -0.15) is 8.42 Å². The van der Waals surface area contributed by atoms with Gasteiger partial charge in [0.05, 0.1) is 11.5 Å². The maximum Gasteiger partial charge on any atom is 0.316 e. The molecular weight excluding hydrogens is 435 g/mol. The summed E-state index contributed by atoms with van der Waals surface area (Å²) in [5, 5.41) is 9.42. The molecule has 2 aromatic carbocycles. The molecule has 8 heteroatoms. The maximum atomic E-state index is 12.9. The fourth-order valence-corrected chi connectivity index (χ4v) is 3.42. The van der Waals surface area contributed by atoms with Crippen molar-refractivity contribution in [1.82, 2.24) is 0 Å². The number of unbranched alkanes of at least 4 members (excludes halogenated alkanes) is 2. The van der Waals surface area contributed by atoms with Crippen molar-refractivity contribution in [2.75, 3.05) is 6.61 Å². The molecule has 2 atom stereocenters. The number of rotatable bonds is 10. The van der Waals surface area contributed by atoms with E-state index in [2.05, 4.69) is 6.92 Å². The van der Waals surface area contributed by atoms with Crippen LogP contribution in [0.4, 0.5) is 4.39 Å². The Kier molecular flexibility index (Phi) is 12.1. The van der Waals surface area contributed by atoms with Gasteiger partial charge in [0.15, 0.2) is 0 Å². The number of aliphatic hydroxyl groups excluding tert-OH is 1. The normalized spacial score (nSPS) is 12.9. The second-order valence-corrected chi connectivity index (χ2v) is 8.96. The lowest BCUT2D eigenvalue weighted by atomic mass is 10.00. The summed E-state index contributed by atoms with van der Waals surface area (Å²) >= 11 is 0. The van der Waals surface area contributed by atoms with Crippen LogP contribution in [0, 0.1) is 12.7 Å². The van der Waals surface area contributed by atoms with Crippen LogP contribution in [0.3, 0.4) is 0 Å². The third kappa shape index (κ3) is 9.89. The number of benzene rings is 2. The number of aryl methyl sites for hydroxylation is 1. The SMILES string of the molecule is CCCCCC(CC)OC(=O)C(CO)c1ccc(F)cc1.Cc1ccc(S(=O)(=O)O)cc1. The first kappa shape index (κ1) is 27.7. The summed E-state index contributed by atoms with van der Waals surface area (Å²) in [4.78, 5) is 12.1. The summed E-state index contributed by atoms with van der Waals surface area (Å²) in [5.74, 6) is -1.55. The first-order valence-corrected chi connectivity index (χ1v) is 12.2. The van der Waals surface area contributed by atoms with Crippen LogP contribution in [-0.4, -0.2) is 36.8 Å². The summed E-state index contributed by atoms with van der Waals surface area (Å²) in [6.07, 6.45) is 4.77. The van der Waals surface area contributed by atoms with E-state index in [9.17, 15) is 22.7 Å². The van der Waals surface area contributed by atoms with Crippen molar-refractivity contribution in [3.63, 3.8) is 0 Å². The molecule has 178 valence electrons. The van der Waals surface area contributed by atoms with Gasteiger partial charge in [-0.25, -0.2) is 4.39 Å². The van der Waals surface area contributed by atoms with Crippen LogP contribution in [0.5, 0.6) is 0 Å². The van der Waals surface area contributed by atoms with Crippen LogP contribution < -0.4 is 0 Å². The van der Waals surface area contributed by atoms with E-state index in [1.807, 2.05) is 13.8 Å². The predicted molar refractivity (Wildman–Crippen MR) is 122 cm³/mol. The standard InChI is InChI=1S/C17H25FO3.C7H8O3S/c1-3-5-6-7-15(4-2)21-17(20)16(12-19)13-8-10-14(18)11-9-13;1-6-2-4-7(5-3-6)11(8,9)10/h8-11,15-16,19H,3-7,12H2,1-2H3;2-5H,1H3,(H,8,9,10). The molecule has 0 heterocycles. The quantitative estimate of drug-likeness (QED) is 0.288. The smallest absolute Gasteiger partial charge is 0.316 e. The Labute approximate surface area is 190 Å². The molecule has 0 saturated heterocycles. The van der Waals surface area contributed by atoms with Crippen molar-refractivity contribution >= 4 is 16.1 Å². The molecule has 6 nitrogen and oxygen atoms in total. The Morgan fingerprint density at radius 1 is 1.03 bits per heavy atom. The second kappa shape index (κ2) is 14.0. The zero-order chi connectivity index (χ0) is 24.1. The van der Waals surface area contributed by atoms with Crippen molar-refractivity contribution in [3.05, 3.63) is 65.5 Å². The third-order valence-corrected chi connectivity index (χ3v) is 5.79. The first-order chi connectivity index (χ1) is 15.1. The number of aliphatic hydroxyl groups is 1. The van der Waals surface area contributed by atoms with Crippen LogP contribution in [-0.2, 0) is 19.6 Å². The Bertz CT molecular complexity index is 911. The maximum absolute atomic E-state index is 12.9. The van der Waals surface area contributed by atoms with Crippen LogP contribution in [0.1, 0.15) is 63.0 Å². The summed E-state index contributed by atoms with van der Waals surface area (Å²) in [6.45, 7) is 5.61. The minimum Gasteiger partial charge on any atom is -0.462 e. The van der Waals surface area contributed by atoms with Gasteiger partial charge in [-0.1, -0.05) is 56.5 Å². The lowest BCUT2D eigenvalue weighted by molar-refractivity contribution is -0.152. The van der Waals surface area contributed by atoms with E-state index in [1.54, 1.807) is 12.1 Å². The van der Waals surface area contributed by atoms with Crippen LogP contribution in [0.15, 0.2) is 53.4 Å². The van der Waals surface area contributed by atoms with E-state index in [0.29, 0.717) is 5.56 Å². The zero-order valence-corrected chi connectivity index (χ0v) is 19.6. The van der Waals surface area contributed by atoms with E-state index >= 15 is 0 Å². The molecule has 2 rings (SSSR count). The minimum atomic E-state index is -4.02. The van der Waals surface area contributed by atoms with Crippen LogP contribution >= 0.6 is 0 Å². The summed E-state index contributed by atoms with van der Waals surface area (Å²) in [7, 11) is -4.02. The molecule has 0 aliphatic heterocycles. The number of esters is 1.